The highest BCUT2D eigenvalue weighted by Gasteiger charge is 2.32. The number of rotatable bonds is 3. The lowest BCUT2D eigenvalue weighted by molar-refractivity contribution is -0.384. The molecule has 0 spiro atoms. The summed E-state index contributed by atoms with van der Waals surface area (Å²) in [5.41, 5.74) is 0.219. The van der Waals surface area contributed by atoms with Crippen molar-refractivity contribution < 1.29 is 13.3 Å². The predicted octanol–water partition coefficient (Wildman–Crippen LogP) is 1.48. The van der Waals surface area contributed by atoms with Crippen molar-refractivity contribution in [2.75, 3.05) is 11.4 Å². The number of hydrogen-bond donors (Lipinski definition) is 1. The number of nitro groups is 1. The number of anilines is 1. The first kappa shape index (κ1) is 14.7. The SMILES string of the molecule is CC1CCN(c2ccc(S(N)(=O)=O)cc2[N+](=O)[O-])C1C. The molecule has 2 unspecified atom stereocenters. The minimum Gasteiger partial charge on any atom is -0.363 e. The van der Waals surface area contributed by atoms with Gasteiger partial charge in [-0.1, -0.05) is 6.92 Å². The zero-order chi connectivity index (χ0) is 15.1. The lowest BCUT2D eigenvalue weighted by Crippen LogP contribution is -2.29. The molecule has 110 valence electrons. The van der Waals surface area contributed by atoms with Crippen molar-refractivity contribution in [1.82, 2.24) is 0 Å². The van der Waals surface area contributed by atoms with Crippen LogP contribution in [0.3, 0.4) is 0 Å². The molecule has 0 saturated carbocycles. The Morgan fingerprint density at radius 2 is 2.05 bits per heavy atom. The number of nitrogens with zero attached hydrogens (tertiary/aromatic N) is 2. The van der Waals surface area contributed by atoms with Gasteiger partial charge in [0.1, 0.15) is 5.69 Å². The second-order valence-corrected chi connectivity index (χ2v) is 6.71. The molecule has 20 heavy (non-hydrogen) atoms. The van der Waals surface area contributed by atoms with Gasteiger partial charge in [0.2, 0.25) is 10.0 Å². The molecule has 0 amide bonds. The Balaban J connectivity index is 2.52. The summed E-state index contributed by atoms with van der Waals surface area (Å²) in [5.74, 6) is 0.438. The third-order valence-electron chi connectivity index (χ3n) is 3.92. The third kappa shape index (κ3) is 2.61. The minimum atomic E-state index is -3.95. The first-order chi connectivity index (χ1) is 9.21. The second-order valence-electron chi connectivity index (χ2n) is 5.15. The number of hydrogen-bond acceptors (Lipinski definition) is 5. The molecule has 1 aromatic carbocycles. The van der Waals surface area contributed by atoms with Crippen LogP contribution in [0.5, 0.6) is 0 Å². The first-order valence-corrected chi connectivity index (χ1v) is 7.84. The smallest absolute Gasteiger partial charge is 0.293 e. The van der Waals surface area contributed by atoms with Gasteiger partial charge in [0, 0.05) is 18.7 Å². The summed E-state index contributed by atoms with van der Waals surface area (Å²) in [6.45, 7) is 4.82. The van der Waals surface area contributed by atoms with Crippen LogP contribution in [0.25, 0.3) is 0 Å². The summed E-state index contributed by atoms with van der Waals surface area (Å²) in [7, 11) is -3.95. The number of sulfonamides is 1. The Bertz CT molecular complexity index is 644. The predicted molar refractivity (Wildman–Crippen MR) is 75.1 cm³/mol. The normalized spacial score (nSPS) is 23.1. The van der Waals surface area contributed by atoms with Crippen LogP contribution in [0.4, 0.5) is 11.4 Å². The summed E-state index contributed by atoms with van der Waals surface area (Å²) in [6, 6.07) is 3.98. The van der Waals surface area contributed by atoms with Crippen molar-refractivity contribution in [3.63, 3.8) is 0 Å². The molecule has 0 aromatic heterocycles. The Hall–Kier alpha value is -1.67. The van der Waals surface area contributed by atoms with E-state index >= 15 is 0 Å². The summed E-state index contributed by atoms with van der Waals surface area (Å²) in [5, 5.41) is 16.2. The molecule has 8 heteroatoms. The maximum Gasteiger partial charge on any atom is 0.293 e. The number of nitro benzene ring substituents is 1. The Labute approximate surface area is 117 Å². The van der Waals surface area contributed by atoms with Gasteiger partial charge in [-0.25, -0.2) is 13.6 Å². The van der Waals surface area contributed by atoms with Crippen molar-refractivity contribution in [2.24, 2.45) is 11.1 Å². The van der Waals surface area contributed by atoms with E-state index in [9.17, 15) is 18.5 Å². The highest BCUT2D eigenvalue weighted by Crippen LogP contribution is 2.36. The molecule has 0 radical (unpaired) electrons. The fraction of sp³-hybridized carbons (Fsp3) is 0.500. The summed E-state index contributed by atoms with van der Waals surface area (Å²) < 4.78 is 22.6. The lowest BCUT2D eigenvalue weighted by Gasteiger charge is -2.25. The second kappa shape index (κ2) is 5.02. The van der Waals surface area contributed by atoms with Crippen LogP contribution in [-0.2, 0) is 10.0 Å². The standard InChI is InChI=1S/C12H17N3O4S/c1-8-5-6-14(9(8)2)11-4-3-10(20(13,18)19)7-12(11)15(16)17/h3-4,7-9H,5-6H2,1-2H3,(H2,13,18,19). The summed E-state index contributed by atoms with van der Waals surface area (Å²) in [4.78, 5) is 12.3. The number of primary sulfonamides is 1. The maximum atomic E-state index is 11.3. The van der Waals surface area contributed by atoms with E-state index in [1.807, 2.05) is 11.8 Å². The Kier molecular flexibility index (Phi) is 3.70. The van der Waals surface area contributed by atoms with Crippen molar-refractivity contribution in [1.29, 1.82) is 0 Å². The zero-order valence-corrected chi connectivity index (χ0v) is 12.1. The van der Waals surface area contributed by atoms with Gasteiger partial charge in [-0.3, -0.25) is 10.1 Å². The van der Waals surface area contributed by atoms with Crippen LogP contribution >= 0.6 is 0 Å². The molecule has 1 saturated heterocycles. The lowest BCUT2D eigenvalue weighted by atomic mass is 10.0. The van der Waals surface area contributed by atoms with Gasteiger partial charge in [0.15, 0.2) is 0 Å². The van der Waals surface area contributed by atoms with E-state index in [0.29, 0.717) is 11.6 Å². The molecular weight excluding hydrogens is 282 g/mol. The Morgan fingerprint density at radius 1 is 1.40 bits per heavy atom. The molecule has 0 aliphatic carbocycles. The van der Waals surface area contributed by atoms with Crippen LogP contribution in [0.1, 0.15) is 20.3 Å². The fourth-order valence-electron chi connectivity index (χ4n) is 2.50. The van der Waals surface area contributed by atoms with Crippen molar-refractivity contribution >= 4 is 21.4 Å². The van der Waals surface area contributed by atoms with Gasteiger partial charge in [-0.05, 0) is 31.4 Å². The molecule has 0 bridgehead atoms. The minimum absolute atomic E-state index is 0.175. The number of benzene rings is 1. The van der Waals surface area contributed by atoms with Gasteiger partial charge >= 0.3 is 0 Å². The van der Waals surface area contributed by atoms with Gasteiger partial charge in [0.05, 0.1) is 9.82 Å². The highest BCUT2D eigenvalue weighted by molar-refractivity contribution is 7.89. The molecule has 2 N–H and O–H groups in total. The topological polar surface area (TPSA) is 107 Å². The highest BCUT2D eigenvalue weighted by atomic mass is 32.2. The average Bonchev–Trinajstić information content (AvgIpc) is 2.68. The quantitative estimate of drug-likeness (QED) is 0.672. The monoisotopic (exact) mass is 299 g/mol. The molecule has 1 aliphatic heterocycles. The van der Waals surface area contributed by atoms with Crippen LogP contribution in [0.15, 0.2) is 23.1 Å². The molecule has 1 aliphatic rings. The molecule has 2 atom stereocenters. The van der Waals surface area contributed by atoms with E-state index in [4.69, 9.17) is 5.14 Å². The molecular formula is C12H17N3O4S. The molecule has 1 fully saturated rings. The number of nitrogens with two attached hydrogens (primary N) is 1. The van der Waals surface area contributed by atoms with Gasteiger partial charge < -0.3 is 4.90 Å². The van der Waals surface area contributed by atoms with E-state index in [1.54, 1.807) is 0 Å². The van der Waals surface area contributed by atoms with E-state index in [0.717, 1.165) is 19.0 Å². The van der Waals surface area contributed by atoms with Crippen LogP contribution in [0, 0.1) is 16.0 Å². The largest absolute Gasteiger partial charge is 0.363 e. The molecule has 1 aromatic rings. The van der Waals surface area contributed by atoms with Crippen LogP contribution < -0.4 is 10.0 Å². The third-order valence-corrected chi connectivity index (χ3v) is 4.83. The van der Waals surface area contributed by atoms with Gasteiger partial charge in [-0.15, -0.1) is 0 Å². The van der Waals surface area contributed by atoms with Gasteiger partial charge in [-0.2, -0.15) is 0 Å². The van der Waals surface area contributed by atoms with Crippen molar-refractivity contribution in [3.8, 4) is 0 Å². The molecule has 1 heterocycles. The summed E-state index contributed by atoms with van der Waals surface area (Å²) >= 11 is 0. The van der Waals surface area contributed by atoms with E-state index in [-0.39, 0.29) is 16.6 Å². The average molecular weight is 299 g/mol. The van der Waals surface area contributed by atoms with Crippen molar-refractivity contribution in [3.05, 3.63) is 28.3 Å². The van der Waals surface area contributed by atoms with Crippen LogP contribution in [-0.4, -0.2) is 25.9 Å². The van der Waals surface area contributed by atoms with Gasteiger partial charge in [0.25, 0.3) is 5.69 Å². The van der Waals surface area contributed by atoms with Crippen LogP contribution in [0.2, 0.25) is 0 Å². The molecule has 7 nitrogen and oxygen atoms in total. The maximum absolute atomic E-state index is 11.3. The van der Waals surface area contributed by atoms with E-state index < -0.39 is 14.9 Å². The van der Waals surface area contributed by atoms with Crippen molar-refractivity contribution in [2.45, 2.75) is 31.2 Å². The van der Waals surface area contributed by atoms with E-state index in [2.05, 4.69) is 6.92 Å². The molecule has 2 rings (SSSR count). The zero-order valence-electron chi connectivity index (χ0n) is 11.3. The Morgan fingerprint density at radius 3 is 2.50 bits per heavy atom. The summed E-state index contributed by atoms with van der Waals surface area (Å²) in [6.07, 6.45) is 0.954. The van der Waals surface area contributed by atoms with E-state index in [1.165, 1.54) is 12.1 Å². The first-order valence-electron chi connectivity index (χ1n) is 6.29. The fourth-order valence-corrected chi connectivity index (χ4v) is 3.04.